The van der Waals surface area contributed by atoms with E-state index in [4.69, 9.17) is 15.2 Å². The molecule has 0 unspecified atom stereocenters. The van der Waals surface area contributed by atoms with E-state index in [0.717, 1.165) is 5.56 Å². The van der Waals surface area contributed by atoms with E-state index < -0.39 is 6.16 Å². The van der Waals surface area contributed by atoms with Gasteiger partial charge in [-0.3, -0.25) is 0 Å². The molecule has 0 aliphatic rings. The van der Waals surface area contributed by atoms with Crippen LogP contribution < -0.4 is 10.5 Å². The van der Waals surface area contributed by atoms with Crippen LogP contribution in [-0.4, -0.2) is 6.16 Å². The van der Waals surface area contributed by atoms with Gasteiger partial charge in [-0.2, -0.15) is 0 Å². The van der Waals surface area contributed by atoms with Crippen molar-refractivity contribution in [3.63, 3.8) is 0 Å². The number of nitrogens with zero attached hydrogens (tertiary/aromatic N) is 1. The number of rotatable bonds is 4. The number of ether oxygens (including phenoxy) is 2. The van der Waals surface area contributed by atoms with Gasteiger partial charge >= 0.3 is 6.16 Å². The summed E-state index contributed by atoms with van der Waals surface area (Å²) in [6.45, 7) is 8.09. The topological polar surface area (TPSA) is 91.0 Å². The van der Waals surface area contributed by atoms with Crippen molar-refractivity contribution in [2.24, 2.45) is 5.18 Å². The molecule has 0 amide bonds. The Labute approximate surface area is 142 Å². The zero-order valence-corrected chi connectivity index (χ0v) is 14.5. The molecule has 6 nitrogen and oxygen atoms in total. The monoisotopic (exact) mass is 332 g/mol. The van der Waals surface area contributed by atoms with E-state index >= 15 is 0 Å². The first-order chi connectivity index (χ1) is 11.7. The van der Waals surface area contributed by atoms with Crippen LogP contribution in [0.5, 0.6) is 5.75 Å². The maximum absolute atomic E-state index is 11.5. The summed E-state index contributed by atoms with van der Waals surface area (Å²) in [5.41, 5.74) is 7.24. The molecule has 6 heteroatoms. The van der Waals surface area contributed by atoms with Crippen LogP contribution in [0.15, 0.2) is 53.7 Å². The highest BCUT2D eigenvalue weighted by molar-refractivity contribution is 5.64. The largest absolute Gasteiger partial charge is 0.514 e. The van der Waals surface area contributed by atoms with Gasteiger partial charge in [-0.25, -0.2) is 4.79 Å². The highest BCUT2D eigenvalue weighted by Crippen LogP contribution is 2.18. The number of carbonyl (C=O) groups excluding carboxylic acids is 1. The SMILES string of the molecule is CC.CC.Nc1ccc(COC(=O)Oc2ccc(N=O)cc2)cc1. The number of nitrogen functional groups attached to an aromatic ring is 1. The van der Waals surface area contributed by atoms with Gasteiger partial charge in [-0.1, -0.05) is 39.8 Å². The number of carbonyl (C=O) groups is 1. The molecule has 0 aliphatic carbocycles. The zero-order chi connectivity index (χ0) is 18.4. The van der Waals surface area contributed by atoms with Crippen molar-refractivity contribution in [1.29, 1.82) is 0 Å². The van der Waals surface area contributed by atoms with Gasteiger partial charge in [0, 0.05) is 5.69 Å². The Kier molecular flexibility index (Phi) is 11.1. The van der Waals surface area contributed by atoms with E-state index in [1.807, 2.05) is 27.7 Å². The van der Waals surface area contributed by atoms with Gasteiger partial charge in [0.05, 0.1) is 0 Å². The Morgan fingerprint density at radius 3 is 2.00 bits per heavy atom. The average Bonchev–Trinajstić information content (AvgIpc) is 2.65. The van der Waals surface area contributed by atoms with Crippen LogP contribution in [0.3, 0.4) is 0 Å². The molecule has 0 bridgehead atoms. The van der Waals surface area contributed by atoms with E-state index in [-0.39, 0.29) is 18.0 Å². The van der Waals surface area contributed by atoms with Crippen LogP contribution in [0.1, 0.15) is 33.3 Å². The lowest BCUT2D eigenvalue weighted by atomic mass is 10.2. The molecule has 2 rings (SSSR count). The molecule has 130 valence electrons. The lowest BCUT2D eigenvalue weighted by Gasteiger charge is -2.06. The van der Waals surface area contributed by atoms with E-state index in [2.05, 4.69) is 5.18 Å². The van der Waals surface area contributed by atoms with Crippen LogP contribution >= 0.6 is 0 Å². The van der Waals surface area contributed by atoms with Gasteiger partial charge in [0.1, 0.15) is 18.0 Å². The Morgan fingerprint density at radius 1 is 0.958 bits per heavy atom. The van der Waals surface area contributed by atoms with Crippen LogP contribution in [0.2, 0.25) is 0 Å². The zero-order valence-electron chi connectivity index (χ0n) is 14.5. The van der Waals surface area contributed by atoms with Crippen molar-refractivity contribution >= 4 is 17.5 Å². The maximum Gasteiger partial charge on any atom is 0.514 e. The summed E-state index contributed by atoms with van der Waals surface area (Å²) in [6, 6.07) is 12.7. The van der Waals surface area contributed by atoms with E-state index in [9.17, 15) is 9.70 Å². The molecule has 2 aromatic rings. The molecule has 0 aromatic heterocycles. The standard InChI is InChI=1S/C14H12N2O4.2C2H6/c15-11-3-1-10(2-4-11)9-19-14(17)20-13-7-5-12(16-18)6-8-13;2*1-2/h1-8H,9,15H2;2*1-2H3. The number of hydrogen-bond donors (Lipinski definition) is 1. The molecule has 0 fully saturated rings. The van der Waals surface area contributed by atoms with Gasteiger partial charge < -0.3 is 15.2 Å². The van der Waals surface area contributed by atoms with E-state index in [1.54, 1.807) is 24.3 Å². The third kappa shape index (κ3) is 7.93. The van der Waals surface area contributed by atoms with Crippen LogP contribution in [0.25, 0.3) is 0 Å². The van der Waals surface area contributed by atoms with Crippen molar-refractivity contribution in [3.8, 4) is 5.75 Å². The van der Waals surface area contributed by atoms with E-state index in [0.29, 0.717) is 5.69 Å². The molecule has 0 spiro atoms. The summed E-state index contributed by atoms with van der Waals surface area (Å²) in [4.78, 5) is 21.7. The number of nitrogens with two attached hydrogens (primary N) is 1. The lowest BCUT2D eigenvalue weighted by molar-refractivity contribution is 0.0928. The minimum atomic E-state index is -0.825. The fourth-order valence-electron chi connectivity index (χ4n) is 1.46. The third-order valence-electron chi connectivity index (χ3n) is 2.48. The summed E-state index contributed by atoms with van der Waals surface area (Å²) < 4.78 is 9.87. The number of anilines is 1. The molecule has 0 heterocycles. The molecule has 24 heavy (non-hydrogen) atoms. The lowest BCUT2D eigenvalue weighted by Crippen LogP contribution is -2.10. The second kappa shape index (κ2) is 12.6. The molecule has 0 aliphatic heterocycles. The molecule has 0 radical (unpaired) electrons. The smallest absolute Gasteiger partial charge is 0.429 e. The molecule has 2 N–H and O–H groups in total. The van der Waals surface area contributed by atoms with Crippen molar-refractivity contribution in [3.05, 3.63) is 59.0 Å². The average molecular weight is 332 g/mol. The summed E-state index contributed by atoms with van der Waals surface area (Å²) in [6.07, 6.45) is -0.825. The first-order valence-corrected chi connectivity index (χ1v) is 7.80. The minimum absolute atomic E-state index is 0.0904. The van der Waals surface area contributed by atoms with Crippen molar-refractivity contribution in [2.75, 3.05) is 5.73 Å². The van der Waals surface area contributed by atoms with E-state index in [1.165, 1.54) is 24.3 Å². The number of hydrogen-bond acceptors (Lipinski definition) is 6. The molecule has 0 saturated carbocycles. The summed E-state index contributed by atoms with van der Waals surface area (Å²) in [5, 5.41) is 2.74. The molecular weight excluding hydrogens is 308 g/mol. The summed E-state index contributed by atoms with van der Waals surface area (Å²) >= 11 is 0. The van der Waals surface area contributed by atoms with Gasteiger partial charge in [0.25, 0.3) is 0 Å². The quantitative estimate of drug-likeness (QED) is 0.348. The number of nitroso groups, excluding NO2 is 1. The molecule has 0 saturated heterocycles. The Bertz CT molecular complexity index is 595. The Hall–Kier alpha value is -2.89. The van der Waals surface area contributed by atoms with Gasteiger partial charge in [0.2, 0.25) is 0 Å². The molecule has 0 atom stereocenters. The van der Waals surface area contributed by atoms with Gasteiger partial charge in [0.15, 0.2) is 0 Å². The predicted molar refractivity (Wildman–Crippen MR) is 96.3 cm³/mol. The fraction of sp³-hybridized carbons (Fsp3) is 0.278. The summed E-state index contributed by atoms with van der Waals surface area (Å²) in [7, 11) is 0. The van der Waals surface area contributed by atoms with Crippen LogP contribution in [-0.2, 0) is 11.3 Å². The second-order valence-corrected chi connectivity index (χ2v) is 3.97. The highest BCUT2D eigenvalue weighted by Gasteiger charge is 2.06. The van der Waals surface area contributed by atoms with Gasteiger partial charge in [-0.05, 0) is 47.1 Å². The highest BCUT2D eigenvalue weighted by atomic mass is 16.7. The molecule has 2 aromatic carbocycles. The third-order valence-corrected chi connectivity index (χ3v) is 2.48. The second-order valence-electron chi connectivity index (χ2n) is 3.97. The fourth-order valence-corrected chi connectivity index (χ4v) is 1.46. The van der Waals surface area contributed by atoms with Crippen LogP contribution in [0.4, 0.5) is 16.2 Å². The van der Waals surface area contributed by atoms with Crippen molar-refractivity contribution < 1.29 is 14.3 Å². The molecular formula is C18H24N2O4. The normalized spacial score (nSPS) is 8.67. The van der Waals surface area contributed by atoms with Gasteiger partial charge in [-0.15, -0.1) is 4.91 Å². The minimum Gasteiger partial charge on any atom is -0.429 e. The number of benzene rings is 2. The maximum atomic E-state index is 11.5. The van der Waals surface area contributed by atoms with Crippen molar-refractivity contribution in [2.45, 2.75) is 34.3 Å². The Balaban J connectivity index is 0.00000123. The first-order valence-electron chi connectivity index (χ1n) is 7.80. The first kappa shape index (κ1) is 21.1. The summed E-state index contributed by atoms with van der Waals surface area (Å²) in [5.74, 6) is 0.278. The predicted octanol–water partition coefficient (Wildman–Crippen LogP) is 5.43. The van der Waals surface area contributed by atoms with Crippen LogP contribution in [0, 0.1) is 4.91 Å². The Morgan fingerprint density at radius 2 is 1.50 bits per heavy atom. The van der Waals surface area contributed by atoms with Crippen molar-refractivity contribution in [1.82, 2.24) is 0 Å².